The Morgan fingerprint density at radius 3 is 2.70 bits per heavy atom. The highest BCUT2D eigenvalue weighted by atomic mass is 16.5. The molecule has 1 aromatic heterocycles. The summed E-state index contributed by atoms with van der Waals surface area (Å²) in [7, 11) is 0. The summed E-state index contributed by atoms with van der Waals surface area (Å²) in [6.07, 6.45) is 6.89. The van der Waals surface area contributed by atoms with Crippen molar-refractivity contribution in [3.63, 3.8) is 0 Å². The van der Waals surface area contributed by atoms with Gasteiger partial charge in [-0.15, -0.1) is 0 Å². The van der Waals surface area contributed by atoms with Crippen LogP contribution in [0.2, 0.25) is 0 Å². The maximum Gasteiger partial charge on any atom is 0.229 e. The first-order valence-corrected chi connectivity index (χ1v) is 7.97. The molecule has 0 aliphatic heterocycles. The van der Waals surface area contributed by atoms with Gasteiger partial charge < -0.3 is 14.6 Å². The zero-order chi connectivity index (χ0) is 14.2. The van der Waals surface area contributed by atoms with E-state index < -0.39 is 0 Å². The second-order valence-corrected chi connectivity index (χ2v) is 5.60. The molecule has 0 bridgehead atoms. The van der Waals surface area contributed by atoms with Gasteiger partial charge in [-0.3, -0.25) is 0 Å². The Balaban J connectivity index is 1.75. The lowest BCUT2D eigenvalue weighted by Gasteiger charge is -2.27. The third-order valence-corrected chi connectivity index (χ3v) is 3.82. The van der Waals surface area contributed by atoms with Gasteiger partial charge in [-0.1, -0.05) is 19.0 Å². The van der Waals surface area contributed by atoms with E-state index in [9.17, 15) is 0 Å². The molecule has 0 radical (unpaired) electrons. The van der Waals surface area contributed by atoms with E-state index in [1.165, 1.54) is 19.3 Å². The largest absolute Gasteiger partial charge is 0.373 e. The van der Waals surface area contributed by atoms with Gasteiger partial charge in [0.25, 0.3) is 0 Å². The molecular weight excluding hydrogens is 254 g/mol. The molecule has 0 spiro atoms. The molecule has 1 aromatic rings. The molecular formula is C15H27N3O2. The maximum absolute atomic E-state index is 5.44. The molecule has 1 fully saturated rings. The van der Waals surface area contributed by atoms with E-state index in [1.807, 2.05) is 0 Å². The number of hydrogen-bond donors (Lipinski definition) is 1. The van der Waals surface area contributed by atoms with Crippen LogP contribution >= 0.6 is 0 Å². The number of hydrogen-bond acceptors (Lipinski definition) is 5. The van der Waals surface area contributed by atoms with E-state index in [0.29, 0.717) is 24.4 Å². The molecule has 0 unspecified atom stereocenters. The van der Waals surface area contributed by atoms with Gasteiger partial charge >= 0.3 is 0 Å². The van der Waals surface area contributed by atoms with Crippen molar-refractivity contribution >= 4 is 0 Å². The van der Waals surface area contributed by atoms with Gasteiger partial charge in [0.1, 0.15) is 6.61 Å². The van der Waals surface area contributed by atoms with Crippen LogP contribution in [0.1, 0.15) is 70.0 Å². The predicted molar refractivity (Wildman–Crippen MR) is 77.5 cm³/mol. The smallest absolute Gasteiger partial charge is 0.229 e. The highest BCUT2D eigenvalue weighted by Gasteiger charge is 2.26. The molecule has 0 amide bonds. The van der Waals surface area contributed by atoms with Crippen molar-refractivity contribution in [1.29, 1.82) is 0 Å². The Labute approximate surface area is 121 Å². The van der Waals surface area contributed by atoms with Gasteiger partial charge in [0, 0.05) is 18.6 Å². The number of nitrogens with zero attached hydrogens (tertiary/aromatic N) is 2. The SMILES string of the molecule is CCCNC1CCC(c2nc(COCCC)no2)CC1. The van der Waals surface area contributed by atoms with Crippen LogP contribution in [-0.4, -0.2) is 29.3 Å². The van der Waals surface area contributed by atoms with Gasteiger partial charge in [-0.05, 0) is 45.1 Å². The predicted octanol–water partition coefficient (Wildman–Crippen LogP) is 3.02. The van der Waals surface area contributed by atoms with Gasteiger partial charge in [0.15, 0.2) is 5.82 Å². The van der Waals surface area contributed by atoms with Crippen molar-refractivity contribution in [2.75, 3.05) is 13.2 Å². The fourth-order valence-corrected chi connectivity index (χ4v) is 2.69. The summed E-state index contributed by atoms with van der Waals surface area (Å²) >= 11 is 0. The summed E-state index contributed by atoms with van der Waals surface area (Å²) < 4.78 is 10.8. The molecule has 5 heteroatoms. The number of ether oxygens (including phenoxy) is 1. The Bertz CT molecular complexity index is 373. The van der Waals surface area contributed by atoms with Crippen LogP contribution in [0, 0.1) is 0 Å². The van der Waals surface area contributed by atoms with Gasteiger partial charge in [-0.2, -0.15) is 4.98 Å². The Morgan fingerprint density at radius 2 is 2.00 bits per heavy atom. The van der Waals surface area contributed by atoms with Crippen LogP contribution in [0.4, 0.5) is 0 Å². The quantitative estimate of drug-likeness (QED) is 0.742. The van der Waals surface area contributed by atoms with E-state index in [4.69, 9.17) is 9.26 Å². The molecule has 1 aliphatic carbocycles. The van der Waals surface area contributed by atoms with Crippen LogP contribution in [0.3, 0.4) is 0 Å². The molecule has 0 aromatic carbocycles. The minimum absolute atomic E-state index is 0.433. The first-order chi connectivity index (χ1) is 9.83. The Kier molecular flexibility index (Phi) is 6.47. The number of nitrogens with one attached hydrogen (secondary N) is 1. The zero-order valence-electron chi connectivity index (χ0n) is 12.7. The highest BCUT2D eigenvalue weighted by molar-refractivity contribution is 4.96. The highest BCUT2D eigenvalue weighted by Crippen LogP contribution is 2.31. The summed E-state index contributed by atoms with van der Waals surface area (Å²) in [5.41, 5.74) is 0. The summed E-state index contributed by atoms with van der Waals surface area (Å²) in [5.74, 6) is 1.91. The number of rotatable bonds is 8. The topological polar surface area (TPSA) is 60.2 Å². The molecule has 20 heavy (non-hydrogen) atoms. The van der Waals surface area contributed by atoms with E-state index in [2.05, 4.69) is 29.3 Å². The van der Waals surface area contributed by atoms with Crippen LogP contribution in [-0.2, 0) is 11.3 Å². The molecule has 1 heterocycles. The lowest BCUT2D eigenvalue weighted by molar-refractivity contribution is 0.114. The van der Waals surface area contributed by atoms with Crippen molar-refractivity contribution in [3.8, 4) is 0 Å². The summed E-state index contributed by atoms with van der Waals surface area (Å²) in [4.78, 5) is 4.47. The molecule has 1 saturated carbocycles. The lowest BCUT2D eigenvalue weighted by Crippen LogP contribution is -2.33. The standard InChI is InChI=1S/C15H27N3O2/c1-3-9-16-13-7-5-12(6-8-13)15-17-14(18-20-15)11-19-10-4-2/h12-13,16H,3-11H2,1-2H3. The molecule has 114 valence electrons. The van der Waals surface area contributed by atoms with Crippen molar-refractivity contribution in [2.45, 2.75) is 70.9 Å². The third kappa shape index (κ3) is 4.56. The first kappa shape index (κ1) is 15.4. The fourth-order valence-electron chi connectivity index (χ4n) is 2.69. The van der Waals surface area contributed by atoms with Gasteiger partial charge in [-0.25, -0.2) is 0 Å². The second-order valence-electron chi connectivity index (χ2n) is 5.60. The van der Waals surface area contributed by atoms with Crippen LogP contribution in [0.15, 0.2) is 4.52 Å². The summed E-state index contributed by atoms with van der Waals surface area (Å²) in [6.45, 7) is 6.63. The monoisotopic (exact) mass is 281 g/mol. The summed E-state index contributed by atoms with van der Waals surface area (Å²) in [5, 5.41) is 7.60. The third-order valence-electron chi connectivity index (χ3n) is 3.82. The van der Waals surface area contributed by atoms with Gasteiger partial charge in [0.05, 0.1) is 0 Å². The molecule has 0 atom stereocenters. The normalized spacial score (nSPS) is 23.1. The minimum Gasteiger partial charge on any atom is -0.373 e. The van der Waals surface area contributed by atoms with Crippen molar-refractivity contribution in [1.82, 2.24) is 15.5 Å². The average Bonchev–Trinajstić information content (AvgIpc) is 2.95. The Hall–Kier alpha value is -0.940. The van der Waals surface area contributed by atoms with E-state index in [-0.39, 0.29) is 0 Å². The summed E-state index contributed by atoms with van der Waals surface area (Å²) in [6, 6.07) is 0.668. The minimum atomic E-state index is 0.433. The Morgan fingerprint density at radius 1 is 1.20 bits per heavy atom. The van der Waals surface area contributed by atoms with E-state index >= 15 is 0 Å². The first-order valence-electron chi connectivity index (χ1n) is 7.97. The maximum atomic E-state index is 5.44. The van der Waals surface area contributed by atoms with E-state index in [1.54, 1.807) is 0 Å². The molecule has 1 aliphatic rings. The lowest BCUT2D eigenvalue weighted by atomic mass is 9.86. The van der Waals surface area contributed by atoms with Crippen molar-refractivity contribution in [3.05, 3.63) is 11.7 Å². The zero-order valence-corrected chi connectivity index (χ0v) is 12.7. The van der Waals surface area contributed by atoms with Crippen molar-refractivity contribution in [2.24, 2.45) is 0 Å². The molecule has 1 N–H and O–H groups in total. The average molecular weight is 281 g/mol. The van der Waals surface area contributed by atoms with Gasteiger partial charge in [0.2, 0.25) is 5.89 Å². The molecule has 2 rings (SSSR count). The van der Waals surface area contributed by atoms with E-state index in [0.717, 1.165) is 38.3 Å². The molecule has 0 saturated heterocycles. The molecule has 5 nitrogen and oxygen atoms in total. The van der Waals surface area contributed by atoms with Crippen LogP contribution in [0.25, 0.3) is 0 Å². The number of aromatic nitrogens is 2. The van der Waals surface area contributed by atoms with Crippen LogP contribution in [0.5, 0.6) is 0 Å². The van der Waals surface area contributed by atoms with Crippen molar-refractivity contribution < 1.29 is 9.26 Å². The fraction of sp³-hybridized carbons (Fsp3) is 0.867. The second kappa shape index (κ2) is 8.37. The van der Waals surface area contributed by atoms with Crippen LogP contribution < -0.4 is 5.32 Å².